The lowest BCUT2D eigenvalue weighted by atomic mass is 10.1. The number of anilines is 1. The third kappa shape index (κ3) is 5.37. The maximum Gasteiger partial charge on any atom is 0.257 e. The van der Waals surface area contributed by atoms with E-state index in [1.54, 1.807) is 18.2 Å². The first-order chi connectivity index (χ1) is 15.0. The summed E-state index contributed by atoms with van der Waals surface area (Å²) < 4.78 is 6.69. The van der Waals surface area contributed by atoms with Gasteiger partial charge in [-0.25, -0.2) is 4.98 Å². The molecule has 0 aliphatic carbocycles. The van der Waals surface area contributed by atoms with Gasteiger partial charge < -0.3 is 9.73 Å². The first-order valence-corrected chi connectivity index (χ1v) is 11.1. The SMILES string of the molecule is CCc1ccc2oc(Cc3ccc(NC(=S)NC(=O)c4cccc(Br)c4)cc3)nc2c1. The highest BCUT2D eigenvalue weighted by Gasteiger charge is 2.10. The number of fused-ring (bicyclic) bond motifs is 1. The van der Waals surface area contributed by atoms with Gasteiger partial charge in [0.25, 0.3) is 5.91 Å². The predicted molar refractivity (Wildman–Crippen MR) is 130 cm³/mol. The van der Waals surface area contributed by atoms with Crippen LogP contribution in [0.15, 0.2) is 75.6 Å². The van der Waals surface area contributed by atoms with E-state index in [-0.39, 0.29) is 11.0 Å². The summed E-state index contributed by atoms with van der Waals surface area (Å²) in [6.45, 7) is 2.12. The Bertz CT molecular complexity index is 1250. The molecule has 1 amide bonds. The number of thiocarbonyl (C=S) groups is 1. The number of oxazole rings is 1. The minimum atomic E-state index is -0.266. The van der Waals surface area contributed by atoms with Crippen LogP contribution in [0, 0.1) is 0 Å². The highest BCUT2D eigenvalue weighted by molar-refractivity contribution is 9.10. The molecule has 0 bridgehead atoms. The summed E-state index contributed by atoms with van der Waals surface area (Å²) in [5, 5.41) is 5.96. The molecule has 0 aliphatic heterocycles. The zero-order valence-corrected chi connectivity index (χ0v) is 19.2. The Labute approximate surface area is 194 Å². The van der Waals surface area contributed by atoms with Crippen LogP contribution in [-0.4, -0.2) is 16.0 Å². The Kier molecular flexibility index (Phi) is 6.44. The minimum absolute atomic E-state index is 0.239. The topological polar surface area (TPSA) is 67.2 Å². The molecule has 0 saturated carbocycles. The van der Waals surface area contributed by atoms with E-state index >= 15 is 0 Å². The van der Waals surface area contributed by atoms with Gasteiger partial charge in [-0.15, -0.1) is 0 Å². The van der Waals surface area contributed by atoms with Crippen molar-refractivity contribution < 1.29 is 9.21 Å². The average Bonchev–Trinajstić information content (AvgIpc) is 3.16. The number of hydrogen-bond donors (Lipinski definition) is 2. The summed E-state index contributed by atoms with van der Waals surface area (Å²) in [5.41, 5.74) is 5.31. The monoisotopic (exact) mass is 493 g/mol. The molecule has 0 aliphatic rings. The molecular formula is C24H20BrN3O2S. The third-order valence-electron chi connectivity index (χ3n) is 4.79. The molecule has 2 N–H and O–H groups in total. The van der Waals surface area contributed by atoms with Crippen molar-refractivity contribution in [3.63, 3.8) is 0 Å². The molecule has 5 nitrogen and oxygen atoms in total. The smallest absolute Gasteiger partial charge is 0.257 e. The van der Waals surface area contributed by atoms with Crippen molar-refractivity contribution in [2.75, 3.05) is 5.32 Å². The van der Waals surface area contributed by atoms with Gasteiger partial charge in [-0.1, -0.05) is 47.1 Å². The van der Waals surface area contributed by atoms with Gasteiger partial charge >= 0.3 is 0 Å². The van der Waals surface area contributed by atoms with Crippen molar-refractivity contribution in [3.05, 3.63) is 93.8 Å². The molecule has 31 heavy (non-hydrogen) atoms. The standard InChI is InChI=1S/C24H20BrN3O2S/c1-2-15-8-11-21-20(12-15)27-22(30-21)13-16-6-9-19(10-7-16)26-24(31)28-23(29)17-4-3-5-18(25)14-17/h3-12,14H,2,13H2,1H3,(H2,26,28,29,31). The first-order valence-electron chi connectivity index (χ1n) is 9.85. The summed E-state index contributed by atoms with van der Waals surface area (Å²) >= 11 is 8.62. The molecule has 0 fully saturated rings. The molecule has 0 saturated heterocycles. The molecule has 4 aromatic rings. The second kappa shape index (κ2) is 9.41. The fraction of sp³-hybridized carbons (Fsp3) is 0.125. The number of nitrogens with one attached hydrogen (secondary N) is 2. The molecule has 0 radical (unpaired) electrons. The Morgan fingerprint density at radius 1 is 1.06 bits per heavy atom. The zero-order valence-electron chi connectivity index (χ0n) is 16.8. The first kappa shape index (κ1) is 21.2. The van der Waals surface area contributed by atoms with E-state index in [0.717, 1.165) is 33.2 Å². The van der Waals surface area contributed by atoms with Gasteiger partial charge in [0.15, 0.2) is 16.6 Å². The number of aryl methyl sites for hydroxylation is 1. The number of hydrogen-bond acceptors (Lipinski definition) is 4. The molecule has 1 aromatic heterocycles. The molecule has 0 atom stereocenters. The maximum absolute atomic E-state index is 12.3. The molecule has 3 aromatic carbocycles. The Balaban J connectivity index is 1.36. The Morgan fingerprint density at radius 3 is 2.58 bits per heavy atom. The predicted octanol–water partition coefficient (Wildman–Crippen LogP) is 5.87. The van der Waals surface area contributed by atoms with Gasteiger partial charge in [0.1, 0.15) is 5.52 Å². The fourth-order valence-corrected chi connectivity index (χ4v) is 3.77. The minimum Gasteiger partial charge on any atom is -0.440 e. The molecule has 0 unspecified atom stereocenters. The number of nitrogens with zero attached hydrogens (tertiary/aromatic N) is 1. The van der Waals surface area contributed by atoms with E-state index in [4.69, 9.17) is 16.6 Å². The van der Waals surface area contributed by atoms with Gasteiger partial charge in [0.05, 0.1) is 0 Å². The van der Waals surface area contributed by atoms with Crippen LogP contribution in [0.5, 0.6) is 0 Å². The molecule has 1 heterocycles. The third-order valence-corrected chi connectivity index (χ3v) is 5.48. The number of aromatic nitrogens is 1. The lowest BCUT2D eigenvalue weighted by Gasteiger charge is -2.10. The van der Waals surface area contributed by atoms with Gasteiger partial charge in [-0.3, -0.25) is 10.1 Å². The highest BCUT2D eigenvalue weighted by atomic mass is 79.9. The van der Waals surface area contributed by atoms with Crippen LogP contribution < -0.4 is 10.6 Å². The second-order valence-electron chi connectivity index (χ2n) is 7.06. The van der Waals surface area contributed by atoms with Crippen LogP contribution in [-0.2, 0) is 12.8 Å². The molecule has 156 valence electrons. The van der Waals surface area contributed by atoms with E-state index in [1.807, 2.05) is 36.4 Å². The normalized spacial score (nSPS) is 10.8. The second-order valence-corrected chi connectivity index (χ2v) is 8.38. The number of carbonyl (C=O) groups is 1. The van der Waals surface area contributed by atoms with Crippen LogP contribution in [0.25, 0.3) is 11.1 Å². The van der Waals surface area contributed by atoms with Crippen molar-refractivity contribution in [3.8, 4) is 0 Å². The summed E-state index contributed by atoms with van der Waals surface area (Å²) in [6.07, 6.45) is 1.57. The lowest BCUT2D eigenvalue weighted by molar-refractivity contribution is 0.0977. The Morgan fingerprint density at radius 2 is 1.84 bits per heavy atom. The summed E-state index contributed by atoms with van der Waals surface area (Å²) in [4.78, 5) is 16.9. The van der Waals surface area contributed by atoms with Crippen molar-refractivity contribution in [1.29, 1.82) is 0 Å². The van der Waals surface area contributed by atoms with E-state index in [1.165, 1.54) is 5.56 Å². The van der Waals surface area contributed by atoms with Crippen molar-refractivity contribution in [2.24, 2.45) is 0 Å². The van der Waals surface area contributed by atoms with E-state index in [0.29, 0.717) is 17.9 Å². The van der Waals surface area contributed by atoms with Crippen LogP contribution in [0.2, 0.25) is 0 Å². The van der Waals surface area contributed by atoms with Crippen LogP contribution >= 0.6 is 28.1 Å². The number of rotatable bonds is 5. The largest absolute Gasteiger partial charge is 0.440 e. The summed E-state index contributed by atoms with van der Waals surface area (Å²) in [6, 6.07) is 21.0. The van der Waals surface area contributed by atoms with Crippen molar-refractivity contribution in [1.82, 2.24) is 10.3 Å². The van der Waals surface area contributed by atoms with Crippen molar-refractivity contribution >= 4 is 56.0 Å². The maximum atomic E-state index is 12.3. The molecule has 7 heteroatoms. The van der Waals surface area contributed by atoms with Gasteiger partial charge in [0, 0.05) is 22.1 Å². The van der Waals surface area contributed by atoms with E-state index in [9.17, 15) is 4.79 Å². The zero-order chi connectivity index (χ0) is 21.8. The van der Waals surface area contributed by atoms with Crippen molar-refractivity contribution in [2.45, 2.75) is 19.8 Å². The molecular weight excluding hydrogens is 474 g/mol. The van der Waals surface area contributed by atoms with Gasteiger partial charge in [-0.2, -0.15) is 0 Å². The molecule has 4 rings (SSSR count). The van der Waals surface area contributed by atoms with E-state index in [2.05, 4.69) is 50.6 Å². The van der Waals surface area contributed by atoms with Gasteiger partial charge in [-0.05, 0) is 72.2 Å². The van der Waals surface area contributed by atoms with Crippen LogP contribution in [0.1, 0.15) is 34.3 Å². The molecule has 0 spiro atoms. The number of benzene rings is 3. The summed E-state index contributed by atoms with van der Waals surface area (Å²) in [5.74, 6) is 0.415. The quantitative estimate of drug-likeness (QED) is 0.340. The summed E-state index contributed by atoms with van der Waals surface area (Å²) in [7, 11) is 0. The fourth-order valence-electron chi connectivity index (χ4n) is 3.16. The number of amides is 1. The number of carbonyl (C=O) groups excluding carboxylic acids is 1. The lowest BCUT2D eigenvalue weighted by Crippen LogP contribution is -2.34. The van der Waals surface area contributed by atoms with E-state index < -0.39 is 0 Å². The van der Waals surface area contributed by atoms with Crippen LogP contribution in [0.4, 0.5) is 5.69 Å². The van der Waals surface area contributed by atoms with Gasteiger partial charge in [0.2, 0.25) is 0 Å². The average molecular weight is 494 g/mol. The highest BCUT2D eigenvalue weighted by Crippen LogP contribution is 2.20. The van der Waals surface area contributed by atoms with Crippen LogP contribution in [0.3, 0.4) is 0 Å². The number of halogens is 1. The Hall–Kier alpha value is -3.03.